The molecule has 0 N–H and O–H groups in total. The fraction of sp³-hybridized carbons (Fsp3) is 0.609. The highest BCUT2D eigenvalue weighted by atomic mass is 32.2. The first-order valence-electron chi connectivity index (χ1n) is 11.2. The second-order valence-corrected chi connectivity index (χ2v) is 10.0. The van der Waals surface area contributed by atoms with E-state index in [0.29, 0.717) is 18.4 Å². The molecular weight excluding hydrogens is 396 g/mol. The van der Waals surface area contributed by atoms with Crippen LogP contribution in [0.3, 0.4) is 0 Å². The molecule has 2 aromatic rings. The Hall–Kier alpha value is -2.02. The summed E-state index contributed by atoms with van der Waals surface area (Å²) in [5.74, 6) is 4.47. The number of rotatable bonds is 4. The van der Waals surface area contributed by atoms with E-state index in [1.165, 1.54) is 11.1 Å². The van der Waals surface area contributed by atoms with Crippen LogP contribution in [0.25, 0.3) is 0 Å². The molecule has 2 amide bonds. The highest BCUT2D eigenvalue weighted by molar-refractivity contribution is 7.99. The van der Waals surface area contributed by atoms with Gasteiger partial charge in [-0.15, -0.1) is 0 Å². The van der Waals surface area contributed by atoms with Gasteiger partial charge in [0.2, 0.25) is 5.89 Å². The molecular formula is C23H30N4O2S. The van der Waals surface area contributed by atoms with Crippen molar-refractivity contribution in [3.8, 4) is 0 Å². The number of hydrogen-bond donors (Lipinski definition) is 0. The summed E-state index contributed by atoms with van der Waals surface area (Å²) in [5, 5.41) is 4.23. The maximum atomic E-state index is 13.3. The summed E-state index contributed by atoms with van der Waals surface area (Å²) in [5.41, 5.74) is 2.64. The molecule has 2 atom stereocenters. The van der Waals surface area contributed by atoms with E-state index in [1.807, 2.05) is 21.6 Å². The smallest absolute Gasteiger partial charge is 0.320 e. The number of carbonyl (C=O) groups is 1. The molecule has 2 unspecified atom stereocenters. The maximum Gasteiger partial charge on any atom is 0.320 e. The van der Waals surface area contributed by atoms with Crippen LogP contribution < -0.4 is 0 Å². The van der Waals surface area contributed by atoms with Gasteiger partial charge < -0.3 is 14.3 Å². The number of benzene rings is 1. The number of nitrogens with zero attached hydrogens (tertiary/aromatic N) is 4. The summed E-state index contributed by atoms with van der Waals surface area (Å²) in [7, 11) is 0. The quantitative estimate of drug-likeness (QED) is 0.731. The number of carbonyl (C=O) groups excluding carboxylic acids is 1. The van der Waals surface area contributed by atoms with Gasteiger partial charge in [0.05, 0.1) is 5.92 Å². The summed E-state index contributed by atoms with van der Waals surface area (Å²) in [6.45, 7) is 5.28. The van der Waals surface area contributed by atoms with Gasteiger partial charge in [-0.3, -0.25) is 0 Å². The first kappa shape index (κ1) is 19.9. The van der Waals surface area contributed by atoms with E-state index in [-0.39, 0.29) is 17.9 Å². The average molecular weight is 427 g/mol. The standard InChI is InChI=1S/C23H30N4O2S/c1-2-16-3-5-17(6-4-16)19-13-20(22-24-21(25-29-22)18-7-8-18)15-27(14-19)23(28)26-9-11-30-12-10-26/h3-6,18-20H,2,7-15H2,1H3. The van der Waals surface area contributed by atoms with E-state index in [2.05, 4.69) is 36.3 Å². The Morgan fingerprint density at radius 3 is 2.50 bits per heavy atom. The largest absolute Gasteiger partial charge is 0.339 e. The van der Waals surface area contributed by atoms with Gasteiger partial charge in [0.25, 0.3) is 0 Å². The van der Waals surface area contributed by atoms with Gasteiger partial charge in [-0.1, -0.05) is 36.3 Å². The Balaban J connectivity index is 1.38. The van der Waals surface area contributed by atoms with Crippen LogP contribution >= 0.6 is 11.8 Å². The highest BCUT2D eigenvalue weighted by Crippen LogP contribution is 2.40. The number of amides is 2. The monoisotopic (exact) mass is 426 g/mol. The SMILES string of the molecule is CCc1ccc(C2CC(c3nc(C4CC4)no3)CN(C(=O)N3CCSCC3)C2)cc1. The minimum absolute atomic E-state index is 0.0951. The Kier molecular flexibility index (Phi) is 5.72. The van der Waals surface area contributed by atoms with E-state index < -0.39 is 0 Å². The number of aromatic nitrogens is 2. The second-order valence-electron chi connectivity index (χ2n) is 8.78. The molecule has 2 saturated heterocycles. The zero-order chi connectivity index (χ0) is 20.5. The lowest BCUT2D eigenvalue weighted by Crippen LogP contribution is -2.51. The first-order valence-corrected chi connectivity index (χ1v) is 12.4. The topological polar surface area (TPSA) is 62.5 Å². The van der Waals surface area contributed by atoms with Crippen molar-refractivity contribution in [1.29, 1.82) is 0 Å². The molecule has 0 spiro atoms. The van der Waals surface area contributed by atoms with Crippen molar-refractivity contribution < 1.29 is 9.32 Å². The van der Waals surface area contributed by atoms with E-state index >= 15 is 0 Å². The van der Waals surface area contributed by atoms with E-state index in [4.69, 9.17) is 9.51 Å². The molecule has 3 heterocycles. The number of piperidine rings is 1. The van der Waals surface area contributed by atoms with E-state index in [1.54, 1.807) is 0 Å². The molecule has 0 radical (unpaired) electrons. The Bertz CT molecular complexity index is 874. The molecule has 1 aromatic carbocycles. The molecule has 3 fully saturated rings. The lowest BCUT2D eigenvalue weighted by atomic mass is 9.84. The van der Waals surface area contributed by atoms with Crippen molar-refractivity contribution >= 4 is 17.8 Å². The van der Waals surface area contributed by atoms with Gasteiger partial charge >= 0.3 is 6.03 Å². The third-order valence-corrected chi connectivity index (χ3v) is 7.55. The van der Waals surface area contributed by atoms with E-state index in [9.17, 15) is 4.79 Å². The third kappa shape index (κ3) is 4.22. The minimum atomic E-state index is 0.0951. The minimum Gasteiger partial charge on any atom is -0.339 e. The third-order valence-electron chi connectivity index (χ3n) is 6.61. The molecule has 7 heteroatoms. The number of aryl methyl sites for hydroxylation is 1. The number of urea groups is 1. The zero-order valence-electron chi connectivity index (χ0n) is 17.6. The van der Waals surface area contributed by atoms with Gasteiger partial charge in [0, 0.05) is 49.5 Å². The van der Waals surface area contributed by atoms with Crippen LogP contribution in [-0.4, -0.2) is 63.7 Å². The zero-order valence-corrected chi connectivity index (χ0v) is 18.4. The molecule has 1 aromatic heterocycles. The molecule has 1 saturated carbocycles. The molecule has 2 aliphatic heterocycles. The van der Waals surface area contributed by atoms with Crippen molar-refractivity contribution in [3.63, 3.8) is 0 Å². The second kappa shape index (κ2) is 8.61. The fourth-order valence-electron chi connectivity index (χ4n) is 4.58. The lowest BCUT2D eigenvalue weighted by molar-refractivity contribution is 0.130. The van der Waals surface area contributed by atoms with Gasteiger partial charge in [-0.25, -0.2) is 4.79 Å². The predicted molar refractivity (Wildman–Crippen MR) is 118 cm³/mol. The van der Waals surface area contributed by atoms with Crippen LogP contribution in [0.1, 0.15) is 66.8 Å². The van der Waals surface area contributed by atoms with Gasteiger partial charge in [0.15, 0.2) is 5.82 Å². The van der Waals surface area contributed by atoms with Crippen LogP contribution in [0, 0.1) is 0 Å². The Morgan fingerprint density at radius 1 is 1.07 bits per heavy atom. The molecule has 3 aliphatic rings. The summed E-state index contributed by atoms with van der Waals surface area (Å²) in [6, 6.07) is 9.05. The Labute approximate surface area is 182 Å². The molecule has 5 rings (SSSR count). The lowest BCUT2D eigenvalue weighted by Gasteiger charge is -2.40. The summed E-state index contributed by atoms with van der Waals surface area (Å²) >= 11 is 1.93. The van der Waals surface area contributed by atoms with Gasteiger partial charge in [-0.05, 0) is 36.8 Å². The van der Waals surface area contributed by atoms with Crippen molar-refractivity contribution in [2.75, 3.05) is 37.7 Å². The normalized spacial score (nSPS) is 24.8. The van der Waals surface area contributed by atoms with Gasteiger partial charge in [-0.2, -0.15) is 16.7 Å². The van der Waals surface area contributed by atoms with E-state index in [0.717, 1.165) is 62.6 Å². The maximum absolute atomic E-state index is 13.3. The van der Waals surface area contributed by atoms with Crippen LogP contribution in [0.4, 0.5) is 4.79 Å². The first-order chi connectivity index (χ1) is 14.7. The van der Waals surface area contributed by atoms with Crippen molar-refractivity contribution in [3.05, 3.63) is 47.1 Å². The average Bonchev–Trinajstić information content (AvgIpc) is 3.55. The van der Waals surface area contributed by atoms with Crippen LogP contribution in [0.2, 0.25) is 0 Å². The van der Waals surface area contributed by atoms with Gasteiger partial charge in [0.1, 0.15) is 0 Å². The molecule has 30 heavy (non-hydrogen) atoms. The van der Waals surface area contributed by atoms with Crippen LogP contribution in [-0.2, 0) is 6.42 Å². The highest BCUT2D eigenvalue weighted by Gasteiger charge is 2.37. The summed E-state index contributed by atoms with van der Waals surface area (Å²) in [4.78, 5) is 22.1. The van der Waals surface area contributed by atoms with Crippen molar-refractivity contribution in [2.45, 2.75) is 50.4 Å². The molecule has 1 aliphatic carbocycles. The summed E-state index contributed by atoms with van der Waals surface area (Å²) < 4.78 is 5.68. The number of thioether (sulfide) groups is 1. The molecule has 6 nitrogen and oxygen atoms in total. The number of hydrogen-bond acceptors (Lipinski definition) is 5. The summed E-state index contributed by atoms with van der Waals surface area (Å²) in [6.07, 6.45) is 4.30. The fourth-order valence-corrected chi connectivity index (χ4v) is 5.48. The van der Waals surface area contributed by atoms with Crippen LogP contribution in [0.5, 0.6) is 0 Å². The van der Waals surface area contributed by atoms with Crippen LogP contribution in [0.15, 0.2) is 28.8 Å². The molecule has 0 bridgehead atoms. The van der Waals surface area contributed by atoms with Crippen molar-refractivity contribution in [2.24, 2.45) is 0 Å². The van der Waals surface area contributed by atoms with Crippen molar-refractivity contribution in [1.82, 2.24) is 19.9 Å². The number of likely N-dealkylation sites (tertiary alicyclic amines) is 1. The Morgan fingerprint density at radius 2 is 1.80 bits per heavy atom. The molecule has 160 valence electrons. The predicted octanol–water partition coefficient (Wildman–Crippen LogP) is 4.25.